The smallest absolute Gasteiger partial charge is 0.282 e. The molecule has 1 unspecified atom stereocenters. The Hall–Kier alpha value is -2.22. The van der Waals surface area contributed by atoms with Crippen LogP contribution in [0.1, 0.15) is 6.42 Å². The average Bonchev–Trinajstić information content (AvgIpc) is 3.10. The molecule has 0 radical (unpaired) electrons. The van der Waals surface area contributed by atoms with E-state index in [0.29, 0.717) is 4.47 Å². The first-order chi connectivity index (χ1) is 12.0. The lowest BCUT2D eigenvalue weighted by Crippen LogP contribution is -2.28. The zero-order valence-electron chi connectivity index (χ0n) is 14.5. The number of methoxy groups -OCH3 is 2. The summed E-state index contributed by atoms with van der Waals surface area (Å²) in [5.74, 6) is 1.54. The van der Waals surface area contributed by atoms with Crippen molar-refractivity contribution < 1.29 is 9.47 Å². The van der Waals surface area contributed by atoms with Crippen LogP contribution in [-0.4, -0.2) is 43.1 Å². The molecule has 0 saturated carbocycles. The van der Waals surface area contributed by atoms with Gasteiger partial charge in [-0.3, -0.25) is 4.79 Å². The molecule has 0 spiro atoms. The van der Waals surface area contributed by atoms with Crippen molar-refractivity contribution in [1.82, 2.24) is 9.78 Å². The topological polar surface area (TPSA) is 68.6 Å². The molecule has 3 rings (SSSR count). The van der Waals surface area contributed by atoms with Crippen molar-refractivity contribution in [3.8, 4) is 11.5 Å². The average molecular weight is 409 g/mol. The SMILES string of the molecule is COc1cc(OC)cc(N2CCC(Nc3cnn(C)c(=O)c3Br)C2)c1. The molecule has 1 aromatic carbocycles. The first kappa shape index (κ1) is 17.6. The largest absolute Gasteiger partial charge is 0.497 e. The lowest BCUT2D eigenvalue weighted by molar-refractivity contribution is 0.394. The lowest BCUT2D eigenvalue weighted by Gasteiger charge is -2.21. The van der Waals surface area contributed by atoms with Crippen LogP contribution in [0, 0.1) is 0 Å². The van der Waals surface area contributed by atoms with Gasteiger partial charge in [0.25, 0.3) is 5.56 Å². The molecule has 1 aliphatic heterocycles. The number of hydrogen-bond donors (Lipinski definition) is 1. The van der Waals surface area contributed by atoms with E-state index in [1.54, 1.807) is 27.5 Å². The van der Waals surface area contributed by atoms with E-state index in [-0.39, 0.29) is 11.6 Å². The molecule has 2 aromatic rings. The van der Waals surface area contributed by atoms with E-state index in [1.807, 2.05) is 18.2 Å². The number of nitrogens with one attached hydrogen (secondary N) is 1. The van der Waals surface area contributed by atoms with Gasteiger partial charge in [-0.05, 0) is 22.4 Å². The van der Waals surface area contributed by atoms with E-state index in [9.17, 15) is 4.79 Å². The van der Waals surface area contributed by atoms with Crippen molar-refractivity contribution >= 4 is 27.3 Å². The van der Waals surface area contributed by atoms with Gasteiger partial charge in [0.1, 0.15) is 16.0 Å². The summed E-state index contributed by atoms with van der Waals surface area (Å²) in [6, 6.07) is 6.08. The molecule has 1 saturated heterocycles. The van der Waals surface area contributed by atoms with Crippen LogP contribution in [0.15, 0.2) is 33.7 Å². The van der Waals surface area contributed by atoms with Crippen molar-refractivity contribution in [3.05, 3.63) is 39.2 Å². The van der Waals surface area contributed by atoms with Crippen LogP contribution in [0.3, 0.4) is 0 Å². The van der Waals surface area contributed by atoms with Crippen LogP contribution < -0.4 is 25.2 Å². The summed E-state index contributed by atoms with van der Waals surface area (Å²) in [6.45, 7) is 1.72. The van der Waals surface area contributed by atoms with Gasteiger partial charge in [-0.2, -0.15) is 5.10 Å². The number of aryl methyl sites for hydroxylation is 1. The molecule has 1 fully saturated rings. The summed E-state index contributed by atoms with van der Waals surface area (Å²) in [4.78, 5) is 14.2. The Morgan fingerprint density at radius 2 is 1.92 bits per heavy atom. The minimum atomic E-state index is -0.155. The third kappa shape index (κ3) is 3.73. The zero-order chi connectivity index (χ0) is 18.0. The minimum Gasteiger partial charge on any atom is -0.497 e. The van der Waals surface area contributed by atoms with Crippen molar-refractivity contribution in [2.24, 2.45) is 7.05 Å². The second-order valence-corrected chi connectivity index (χ2v) is 6.74. The molecular weight excluding hydrogens is 388 g/mol. The Labute approximate surface area is 154 Å². The summed E-state index contributed by atoms with van der Waals surface area (Å²) < 4.78 is 12.5. The number of nitrogens with zero attached hydrogens (tertiary/aromatic N) is 3. The van der Waals surface area contributed by atoms with Crippen molar-refractivity contribution in [3.63, 3.8) is 0 Å². The van der Waals surface area contributed by atoms with Gasteiger partial charge in [-0.25, -0.2) is 4.68 Å². The van der Waals surface area contributed by atoms with Gasteiger partial charge in [0.2, 0.25) is 0 Å². The molecule has 7 nitrogen and oxygen atoms in total. The molecule has 25 heavy (non-hydrogen) atoms. The first-order valence-electron chi connectivity index (χ1n) is 7.98. The van der Waals surface area contributed by atoms with Gasteiger partial charge in [0, 0.05) is 50.1 Å². The zero-order valence-corrected chi connectivity index (χ0v) is 16.0. The van der Waals surface area contributed by atoms with E-state index >= 15 is 0 Å². The summed E-state index contributed by atoms with van der Waals surface area (Å²) >= 11 is 3.35. The van der Waals surface area contributed by atoms with E-state index in [0.717, 1.165) is 42.4 Å². The standard InChI is InChI=1S/C17H21BrN4O3/c1-21-17(23)16(18)15(9-19-21)20-11-4-5-22(10-11)12-6-13(24-2)8-14(7-12)25-3/h6-9,11,20H,4-5,10H2,1-3H3. The van der Waals surface area contributed by atoms with Gasteiger partial charge < -0.3 is 19.7 Å². The molecule has 1 atom stereocenters. The van der Waals surface area contributed by atoms with Gasteiger partial charge in [-0.15, -0.1) is 0 Å². The Bertz CT molecular complexity index is 802. The van der Waals surface area contributed by atoms with E-state index in [2.05, 4.69) is 31.2 Å². The van der Waals surface area contributed by atoms with Crippen LogP contribution in [-0.2, 0) is 7.05 Å². The van der Waals surface area contributed by atoms with Gasteiger partial charge in [0.15, 0.2) is 0 Å². The Balaban J connectivity index is 1.74. The van der Waals surface area contributed by atoms with Crippen molar-refractivity contribution in [2.45, 2.75) is 12.5 Å². The molecule has 1 N–H and O–H groups in total. The fourth-order valence-corrected chi connectivity index (χ4v) is 3.39. The van der Waals surface area contributed by atoms with Crippen LogP contribution in [0.5, 0.6) is 11.5 Å². The highest BCUT2D eigenvalue weighted by atomic mass is 79.9. The van der Waals surface area contributed by atoms with Crippen LogP contribution in [0.2, 0.25) is 0 Å². The number of ether oxygens (including phenoxy) is 2. The summed E-state index contributed by atoms with van der Waals surface area (Å²) in [5.41, 5.74) is 1.62. The first-order valence-corrected chi connectivity index (χ1v) is 8.77. The van der Waals surface area contributed by atoms with Crippen LogP contribution in [0.4, 0.5) is 11.4 Å². The molecular formula is C17H21BrN4O3. The fraction of sp³-hybridized carbons (Fsp3) is 0.412. The molecule has 1 aromatic heterocycles. The van der Waals surface area contributed by atoms with Crippen LogP contribution >= 0.6 is 15.9 Å². The van der Waals surface area contributed by atoms with Crippen LogP contribution in [0.25, 0.3) is 0 Å². The summed E-state index contributed by atoms with van der Waals surface area (Å²) in [7, 11) is 4.92. The van der Waals surface area contributed by atoms with Crippen molar-refractivity contribution in [2.75, 3.05) is 37.5 Å². The number of rotatable bonds is 5. The number of anilines is 2. The minimum absolute atomic E-state index is 0.155. The van der Waals surface area contributed by atoms with E-state index in [1.165, 1.54) is 4.68 Å². The summed E-state index contributed by atoms with van der Waals surface area (Å²) in [6.07, 6.45) is 2.63. The lowest BCUT2D eigenvalue weighted by atomic mass is 10.2. The van der Waals surface area contributed by atoms with Gasteiger partial charge in [-0.1, -0.05) is 0 Å². The highest BCUT2D eigenvalue weighted by molar-refractivity contribution is 9.10. The summed E-state index contributed by atoms with van der Waals surface area (Å²) in [5, 5.41) is 7.48. The third-order valence-electron chi connectivity index (χ3n) is 4.33. The molecule has 0 amide bonds. The van der Waals surface area contributed by atoms with E-state index < -0.39 is 0 Å². The Morgan fingerprint density at radius 1 is 1.24 bits per heavy atom. The maximum atomic E-state index is 12.0. The number of halogens is 1. The quantitative estimate of drug-likeness (QED) is 0.817. The maximum Gasteiger partial charge on any atom is 0.282 e. The maximum absolute atomic E-state index is 12.0. The molecule has 2 heterocycles. The normalized spacial score (nSPS) is 16.8. The number of hydrogen-bond acceptors (Lipinski definition) is 6. The monoisotopic (exact) mass is 408 g/mol. The number of benzene rings is 1. The highest BCUT2D eigenvalue weighted by Gasteiger charge is 2.24. The van der Waals surface area contributed by atoms with Gasteiger partial charge in [0.05, 0.1) is 26.1 Å². The van der Waals surface area contributed by atoms with Crippen molar-refractivity contribution in [1.29, 1.82) is 0 Å². The predicted molar refractivity (Wildman–Crippen MR) is 101 cm³/mol. The number of aromatic nitrogens is 2. The second-order valence-electron chi connectivity index (χ2n) is 5.95. The molecule has 0 aliphatic carbocycles. The molecule has 0 bridgehead atoms. The predicted octanol–water partition coefficient (Wildman–Crippen LogP) is 2.25. The Kier molecular flexibility index (Phi) is 5.17. The van der Waals surface area contributed by atoms with Gasteiger partial charge >= 0.3 is 0 Å². The fourth-order valence-electron chi connectivity index (χ4n) is 2.92. The van der Waals surface area contributed by atoms with E-state index in [4.69, 9.17) is 9.47 Å². The molecule has 134 valence electrons. The molecule has 8 heteroatoms. The molecule has 1 aliphatic rings. The highest BCUT2D eigenvalue weighted by Crippen LogP contribution is 2.31. The second kappa shape index (κ2) is 7.35. The third-order valence-corrected chi connectivity index (χ3v) is 5.09. The Morgan fingerprint density at radius 3 is 2.56 bits per heavy atom.